The van der Waals surface area contributed by atoms with Gasteiger partial charge in [0.2, 0.25) is 6.29 Å². The number of carbonyl (C=O) groups excluding carboxylic acids is 1. The van der Waals surface area contributed by atoms with Crippen molar-refractivity contribution in [3.05, 3.63) is 76.4 Å². The van der Waals surface area contributed by atoms with Gasteiger partial charge in [-0.3, -0.25) is 5.01 Å². The van der Waals surface area contributed by atoms with Crippen LogP contribution in [0.5, 0.6) is 0 Å². The Labute approximate surface area is 287 Å². The number of hydrazine groups is 1. The van der Waals surface area contributed by atoms with E-state index in [0.717, 1.165) is 36.3 Å². The molecule has 12 nitrogen and oxygen atoms in total. The van der Waals surface area contributed by atoms with Gasteiger partial charge in [-0.1, -0.05) is 81.7 Å². The molecule has 1 heterocycles. The third-order valence-corrected chi connectivity index (χ3v) is 7.64. The largest absolute Gasteiger partial charge is 0.431 e. The number of aryl methyl sites for hydroxylation is 1. The molecule has 270 valence electrons. The first kappa shape index (κ1) is 42.5. The Hall–Kier alpha value is -3.55. The number of amidine groups is 1. The van der Waals surface area contributed by atoms with Crippen molar-refractivity contribution in [2.45, 2.75) is 111 Å². The van der Waals surface area contributed by atoms with Gasteiger partial charge in [-0.25, -0.2) is 15.6 Å². The minimum absolute atomic E-state index is 0.0480. The number of carbonyl (C=O) groups is 1. The zero-order valence-corrected chi connectivity index (χ0v) is 30.2. The number of H-pyrrole nitrogens is 1. The number of methoxy groups -OCH3 is 1. The Bertz CT molecular complexity index is 1290. The summed E-state index contributed by atoms with van der Waals surface area (Å²) in [7, 11) is 3.55. The first-order valence-corrected chi connectivity index (χ1v) is 16.8. The number of benzene rings is 1. The minimum atomic E-state index is -0.884. The molecule has 2 aromatic rings. The van der Waals surface area contributed by atoms with E-state index in [0.29, 0.717) is 29.9 Å². The zero-order valence-electron chi connectivity index (χ0n) is 30.2. The minimum Gasteiger partial charge on any atom is -0.431 e. The maximum atomic E-state index is 11.9. The molecule has 7 N–H and O–H groups in total. The standard InChI is InChI=1S/C16H24N4.C12H20N2O5.C8H16O/c1-4-8-13(2)9-7-11-14-10-5-6-12-15(14)16(19-17)20(3)18;1-4-5-9-13-10(7(2)16)11(14-9)12(17)19-8(3)18-6-15;1-7-4-3-5-8(6-7)9-2/h5-10,12H,4,11,17-18H2,1-3H3;7-8,15-16H,4-6H2,1-3H3,(H,13,14);7-8H,3-6H2,1-2H3/b9-7-,13-8-,19-16-;;. The Morgan fingerprint density at radius 2 is 1.96 bits per heavy atom. The molecule has 4 atom stereocenters. The van der Waals surface area contributed by atoms with Crippen LogP contribution in [-0.2, 0) is 27.1 Å². The second-order valence-electron chi connectivity index (χ2n) is 12.0. The van der Waals surface area contributed by atoms with E-state index in [1.54, 1.807) is 7.05 Å². The maximum absolute atomic E-state index is 11.9. The molecule has 1 fully saturated rings. The second kappa shape index (κ2) is 23.7. The lowest BCUT2D eigenvalue weighted by Crippen LogP contribution is -2.35. The fourth-order valence-corrected chi connectivity index (χ4v) is 5.22. The Kier molecular flexibility index (Phi) is 21.0. The lowest BCUT2D eigenvalue weighted by atomic mass is 9.89. The number of ether oxygens (including phenoxy) is 3. The SMILES string of the molecule is CC/C=C(C)\C=C/Cc1ccccc1/C(=N/N)N(C)N.CCCc1nc(C(=O)OC(C)OCO)c(C(C)O)[nH]1.COC1CCCC(C)C1. The van der Waals surface area contributed by atoms with E-state index in [4.69, 9.17) is 31.0 Å². The molecule has 0 saturated heterocycles. The van der Waals surface area contributed by atoms with E-state index in [-0.39, 0.29) is 5.69 Å². The highest BCUT2D eigenvalue weighted by atomic mass is 16.7. The van der Waals surface area contributed by atoms with Crippen molar-refractivity contribution in [3.63, 3.8) is 0 Å². The number of esters is 1. The molecule has 1 saturated carbocycles. The number of nitrogens with zero attached hydrogens (tertiary/aromatic N) is 3. The third kappa shape index (κ3) is 15.6. The molecule has 0 spiro atoms. The van der Waals surface area contributed by atoms with Crippen LogP contribution in [0.1, 0.15) is 119 Å². The molecular formula is C36H60N6O6. The molecule has 0 aliphatic heterocycles. The first-order valence-electron chi connectivity index (χ1n) is 16.8. The van der Waals surface area contributed by atoms with Crippen molar-refractivity contribution in [1.29, 1.82) is 0 Å². The smallest absolute Gasteiger partial charge is 0.361 e. The Morgan fingerprint density at radius 3 is 2.50 bits per heavy atom. The van der Waals surface area contributed by atoms with Gasteiger partial charge in [0.05, 0.1) is 17.9 Å². The molecule has 1 aliphatic carbocycles. The van der Waals surface area contributed by atoms with Gasteiger partial charge in [-0.15, -0.1) is 0 Å². The summed E-state index contributed by atoms with van der Waals surface area (Å²) in [5.74, 6) is 12.6. The number of rotatable bonds is 13. The van der Waals surface area contributed by atoms with Crippen molar-refractivity contribution in [1.82, 2.24) is 15.0 Å². The number of aromatic amines is 1. The van der Waals surface area contributed by atoms with Crippen molar-refractivity contribution < 1.29 is 29.2 Å². The van der Waals surface area contributed by atoms with E-state index < -0.39 is 25.2 Å². The number of hydrogen-bond acceptors (Lipinski definition) is 10. The highest BCUT2D eigenvalue weighted by Gasteiger charge is 2.23. The van der Waals surface area contributed by atoms with Gasteiger partial charge in [-0.2, -0.15) is 5.10 Å². The van der Waals surface area contributed by atoms with Crippen LogP contribution < -0.4 is 11.7 Å². The first-order chi connectivity index (χ1) is 22.9. The lowest BCUT2D eigenvalue weighted by Gasteiger charge is -2.25. The fraction of sp³-hybridized carbons (Fsp3) is 0.583. The number of allylic oxidation sites excluding steroid dienone is 4. The predicted molar refractivity (Wildman–Crippen MR) is 191 cm³/mol. The summed E-state index contributed by atoms with van der Waals surface area (Å²) in [6.07, 6.45) is 14.0. The summed E-state index contributed by atoms with van der Waals surface area (Å²) < 4.78 is 14.9. The van der Waals surface area contributed by atoms with Gasteiger partial charge < -0.3 is 35.3 Å². The van der Waals surface area contributed by atoms with Gasteiger partial charge in [0.1, 0.15) is 12.6 Å². The van der Waals surface area contributed by atoms with Crippen LogP contribution >= 0.6 is 0 Å². The van der Waals surface area contributed by atoms with E-state index in [1.807, 2.05) is 32.2 Å². The molecule has 4 unspecified atom stereocenters. The molecule has 48 heavy (non-hydrogen) atoms. The fourth-order valence-electron chi connectivity index (χ4n) is 5.22. The summed E-state index contributed by atoms with van der Waals surface area (Å²) in [5, 5.41) is 23.4. The van der Waals surface area contributed by atoms with E-state index in [1.165, 1.54) is 50.1 Å². The van der Waals surface area contributed by atoms with Crippen LogP contribution in [0.2, 0.25) is 0 Å². The average molecular weight is 673 g/mol. The van der Waals surface area contributed by atoms with Crippen molar-refractivity contribution >= 4 is 11.8 Å². The average Bonchev–Trinajstić information content (AvgIpc) is 3.48. The molecule has 1 aliphatic rings. The van der Waals surface area contributed by atoms with Gasteiger partial charge in [0.25, 0.3) is 0 Å². The maximum Gasteiger partial charge on any atom is 0.361 e. The summed E-state index contributed by atoms with van der Waals surface area (Å²) in [6, 6.07) is 8.01. The van der Waals surface area contributed by atoms with E-state index in [2.05, 4.69) is 60.1 Å². The quantitative estimate of drug-likeness (QED) is 0.0339. The van der Waals surface area contributed by atoms with Gasteiger partial charge >= 0.3 is 5.97 Å². The van der Waals surface area contributed by atoms with E-state index >= 15 is 0 Å². The lowest BCUT2D eigenvalue weighted by molar-refractivity contribution is -0.144. The Morgan fingerprint density at radius 1 is 1.25 bits per heavy atom. The molecule has 0 radical (unpaired) electrons. The highest BCUT2D eigenvalue weighted by molar-refractivity contribution is 5.99. The molecule has 12 heteroatoms. The van der Waals surface area contributed by atoms with Gasteiger partial charge in [0, 0.05) is 26.1 Å². The van der Waals surface area contributed by atoms with Crippen molar-refractivity contribution in [2.24, 2.45) is 22.7 Å². The predicted octanol–water partition coefficient (Wildman–Crippen LogP) is 5.66. The number of nitrogens with one attached hydrogen (secondary N) is 1. The Balaban J connectivity index is 0.000000384. The van der Waals surface area contributed by atoms with Crippen LogP contribution in [-0.4, -0.2) is 70.3 Å². The van der Waals surface area contributed by atoms with Crippen molar-refractivity contribution in [2.75, 3.05) is 21.0 Å². The number of imidazole rings is 1. The van der Waals surface area contributed by atoms with Crippen molar-refractivity contribution in [3.8, 4) is 0 Å². The number of aliphatic hydroxyl groups excluding tert-OH is 2. The van der Waals surface area contributed by atoms with Crippen LogP contribution in [0.25, 0.3) is 0 Å². The van der Waals surface area contributed by atoms with E-state index in [9.17, 15) is 9.90 Å². The highest BCUT2D eigenvalue weighted by Crippen LogP contribution is 2.25. The van der Waals surface area contributed by atoms with Gasteiger partial charge in [0.15, 0.2) is 11.5 Å². The number of nitrogens with two attached hydrogens (primary N) is 2. The number of hydrazone groups is 1. The van der Waals surface area contributed by atoms with Crippen LogP contribution in [0.15, 0.2) is 53.2 Å². The van der Waals surface area contributed by atoms with Crippen LogP contribution in [0.4, 0.5) is 0 Å². The third-order valence-electron chi connectivity index (χ3n) is 7.64. The normalized spacial score (nSPS) is 17.9. The second-order valence-corrected chi connectivity index (χ2v) is 12.0. The summed E-state index contributed by atoms with van der Waals surface area (Å²) in [4.78, 5) is 18.9. The molecule has 0 amide bonds. The topological polar surface area (TPSA) is 182 Å². The number of hydrogen-bond donors (Lipinski definition) is 5. The molecule has 1 aromatic carbocycles. The number of aromatic nitrogens is 2. The molecule has 0 bridgehead atoms. The molecule has 3 rings (SSSR count). The molecule has 1 aromatic heterocycles. The van der Waals surface area contributed by atoms with Crippen LogP contribution in [0.3, 0.4) is 0 Å². The molecular weight excluding hydrogens is 612 g/mol. The van der Waals surface area contributed by atoms with Crippen LogP contribution in [0, 0.1) is 5.92 Å². The monoisotopic (exact) mass is 672 g/mol. The summed E-state index contributed by atoms with van der Waals surface area (Å²) >= 11 is 0. The summed E-state index contributed by atoms with van der Waals surface area (Å²) in [6.45, 7) is 11.0. The number of aliphatic hydroxyl groups is 2. The zero-order chi connectivity index (χ0) is 36.1. The summed E-state index contributed by atoms with van der Waals surface area (Å²) in [5.41, 5.74) is 3.75. The van der Waals surface area contributed by atoms with Gasteiger partial charge in [-0.05, 0) is 64.4 Å².